The molecule has 0 bridgehead atoms. The van der Waals surface area contributed by atoms with E-state index in [9.17, 15) is 10.1 Å². The molecule has 0 radical (unpaired) electrons. The molecule has 1 aromatic carbocycles. The van der Waals surface area contributed by atoms with Crippen molar-refractivity contribution in [2.45, 2.75) is 13.0 Å². The van der Waals surface area contributed by atoms with Crippen LogP contribution in [0.5, 0.6) is 0 Å². The minimum Gasteiger partial charge on any atom is -0.385 e. The molecule has 7 heteroatoms. The molecule has 2 rings (SSSR count). The van der Waals surface area contributed by atoms with Crippen molar-refractivity contribution >= 4 is 16.7 Å². The van der Waals surface area contributed by atoms with Crippen LogP contribution in [0, 0.1) is 10.1 Å². The van der Waals surface area contributed by atoms with Crippen LogP contribution in [0.2, 0.25) is 0 Å². The van der Waals surface area contributed by atoms with Crippen molar-refractivity contribution in [3.8, 4) is 0 Å². The van der Waals surface area contributed by atoms with Crippen molar-refractivity contribution < 1.29 is 9.66 Å². The molecule has 0 fully saturated rings. The lowest BCUT2D eigenvalue weighted by Gasteiger charge is -2.01. The molecule has 17 heavy (non-hydrogen) atoms. The van der Waals surface area contributed by atoms with Crippen LogP contribution in [0.3, 0.4) is 0 Å². The lowest BCUT2D eigenvalue weighted by atomic mass is 10.3. The van der Waals surface area contributed by atoms with E-state index in [1.165, 1.54) is 12.1 Å². The van der Waals surface area contributed by atoms with Crippen molar-refractivity contribution in [2.24, 2.45) is 0 Å². The van der Waals surface area contributed by atoms with E-state index >= 15 is 0 Å². The van der Waals surface area contributed by atoms with Crippen molar-refractivity contribution in [2.75, 3.05) is 13.7 Å². The fourth-order valence-corrected chi connectivity index (χ4v) is 1.60. The first kappa shape index (κ1) is 11.5. The van der Waals surface area contributed by atoms with Gasteiger partial charge in [-0.3, -0.25) is 10.1 Å². The van der Waals surface area contributed by atoms with E-state index < -0.39 is 4.92 Å². The largest absolute Gasteiger partial charge is 0.385 e. The molecule has 0 aliphatic rings. The number of aryl methyl sites for hydroxylation is 1. The van der Waals surface area contributed by atoms with Crippen LogP contribution in [-0.2, 0) is 11.3 Å². The molecule has 7 nitrogen and oxygen atoms in total. The number of fused-ring (bicyclic) bond motifs is 1. The summed E-state index contributed by atoms with van der Waals surface area (Å²) in [6.07, 6.45) is 0.825. The maximum atomic E-state index is 10.6. The minimum absolute atomic E-state index is 0.0291. The molecular weight excluding hydrogens is 224 g/mol. The average molecular weight is 236 g/mol. The van der Waals surface area contributed by atoms with Gasteiger partial charge in [0.2, 0.25) is 0 Å². The second-order valence-electron chi connectivity index (χ2n) is 3.59. The Balaban J connectivity index is 2.25. The van der Waals surface area contributed by atoms with Crippen LogP contribution in [0.4, 0.5) is 5.69 Å². The molecule has 0 aliphatic heterocycles. The summed E-state index contributed by atoms with van der Waals surface area (Å²) < 4.78 is 6.67. The highest BCUT2D eigenvalue weighted by Crippen LogP contribution is 2.18. The van der Waals surface area contributed by atoms with Crippen LogP contribution < -0.4 is 0 Å². The van der Waals surface area contributed by atoms with Gasteiger partial charge in [-0.25, -0.2) is 4.68 Å². The highest BCUT2D eigenvalue weighted by molar-refractivity contribution is 5.76. The van der Waals surface area contributed by atoms with Gasteiger partial charge in [0.15, 0.2) is 0 Å². The summed E-state index contributed by atoms with van der Waals surface area (Å²) in [5.74, 6) is 0. The zero-order chi connectivity index (χ0) is 12.3. The van der Waals surface area contributed by atoms with Gasteiger partial charge in [0, 0.05) is 32.4 Å². The second kappa shape index (κ2) is 4.88. The van der Waals surface area contributed by atoms with Crippen LogP contribution in [0.1, 0.15) is 6.42 Å². The van der Waals surface area contributed by atoms with E-state index in [2.05, 4.69) is 10.3 Å². The van der Waals surface area contributed by atoms with Gasteiger partial charge in [0.25, 0.3) is 5.69 Å². The van der Waals surface area contributed by atoms with Crippen LogP contribution in [0.25, 0.3) is 11.0 Å². The maximum Gasteiger partial charge on any atom is 0.271 e. The van der Waals surface area contributed by atoms with Gasteiger partial charge in [-0.15, -0.1) is 5.10 Å². The number of methoxy groups -OCH3 is 1. The summed E-state index contributed by atoms with van der Waals surface area (Å²) in [4.78, 5) is 10.2. The third-order valence-electron chi connectivity index (χ3n) is 2.43. The number of hydrogen-bond donors (Lipinski definition) is 0. The van der Waals surface area contributed by atoms with Gasteiger partial charge in [-0.2, -0.15) is 0 Å². The molecule has 90 valence electrons. The highest BCUT2D eigenvalue weighted by atomic mass is 16.6. The Bertz CT molecular complexity index is 537. The van der Waals surface area contributed by atoms with Gasteiger partial charge in [-0.05, 0) is 12.5 Å². The van der Waals surface area contributed by atoms with E-state index in [-0.39, 0.29) is 5.69 Å². The quantitative estimate of drug-likeness (QED) is 0.445. The molecule has 0 N–H and O–H groups in total. The Hall–Kier alpha value is -2.02. The highest BCUT2D eigenvalue weighted by Gasteiger charge is 2.10. The molecule has 2 aromatic rings. The van der Waals surface area contributed by atoms with Gasteiger partial charge >= 0.3 is 0 Å². The van der Waals surface area contributed by atoms with Crippen LogP contribution in [-0.4, -0.2) is 33.6 Å². The van der Waals surface area contributed by atoms with E-state index in [0.717, 1.165) is 11.9 Å². The predicted molar refractivity (Wildman–Crippen MR) is 60.7 cm³/mol. The Morgan fingerprint density at radius 3 is 3.06 bits per heavy atom. The van der Waals surface area contributed by atoms with E-state index in [4.69, 9.17) is 4.74 Å². The monoisotopic (exact) mass is 236 g/mol. The molecule has 0 saturated heterocycles. The summed E-state index contributed by atoms with van der Waals surface area (Å²) in [7, 11) is 1.64. The number of nitro benzene ring substituents is 1. The smallest absolute Gasteiger partial charge is 0.271 e. The molecular formula is C10H12N4O3. The summed E-state index contributed by atoms with van der Waals surface area (Å²) >= 11 is 0. The van der Waals surface area contributed by atoms with E-state index in [1.807, 2.05) is 0 Å². The number of nitrogens with zero attached hydrogens (tertiary/aromatic N) is 4. The van der Waals surface area contributed by atoms with Crippen LogP contribution in [0.15, 0.2) is 18.2 Å². The standard InChI is InChI=1S/C10H12N4O3/c1-17-6-2-5-13-10-4-3-8(14(15)16)7-9(10)11-12-13/h3-4,7H,2,5-6H2,1H3. The number of aromatic nitrogens is 3. The summed E-state index contributed by atoms with van der Waals surface area (Å²) in [6, 6.07) is 4.55. The lowest BCUT2D eigenvalue weighted by molar-refractivity contribution is -0.384. The summed E-state index contributed by atoms with van der Waals surface area (Å²) in [5, 5.41) is 18.5. The number of rotatable bonds is 5. The van der Waals surface area contributed by atoms with Crippen molar-refractivity contribution in [1.29, 1.82) is 0 Å². The third-order valence-corrected chi connectivity index (χ3v) is 2.43. The fraction of sp³-hybridized carbons (Fsp3) is 0.400. The summed E-state index contributed by atoms with van der Waals surface area (Å²) in [5.41, 5.74) is 1.37. The third kappa shape index (κ3) is 2.39. The first-order valence-electron chi connectivity index (χ1n) is 5.19. The SMILES string of the molecule is COCCCn1nnc2cc([N+](=O)[O-])ccc21. The van der Waals surface area contributed by atoms with E-state index in [0.29, 0.717) is 18.7 Å². The van der Waals surface area contributed by atoms with Gasteiger partial charge in [-0.1, -0.05) is 5.21 Å². The fourth-order valence-electron chi connectivity index (χ4n) is 1.60. The van der Waals surface area contributed by atoms with Gasteiger partial charge in [0.1, 0.15) is 5.52 Å². The number of non-ortho nitro benzene ring substituents is 1. The Morgan fingerprint density at radius 2 is 2.35 bits per heavy atom. The molecule has 0 saturated carbocycles. The Labute approximate surface area is 97.1 Å². The zero-order valence-corrected chi connectivity index (χ0v) is 9.37. The molecule has 1 heterocycles. The minimum atomic E-state index is -0.441. The molecule has 0 aliphatic carbocycles. The molecule has 0 atom stereocenters. The molecule has 1 aromatic heterocycles. The topological polar surface area (TPSA) is 83.1 Å². The molecule has 0 unspecified atom stereocenters. The lowest BCUT2D eigenvalue weighted by Crippen LogP contribution is -2.03. The van der Waals surface area contributed by atoms with Gasteiger partial charge < -0.3 is 4.74 Å². The Morgan fingerprint density at radius 1 is 1.53 bits per heavy atom. The number of hydrogen-bond acceptors (Lipinski definition) is 5. The normalized spacial score (nSPS) is 10.9. The average Bonchev–Trinajstić information content (AvgIpc) is 2.72. The predicted octanol–water partition coefficient (Wildman–Crippen LogP) is 1.38. The Kier molecular flexibility index (Phi) is 3.29. The number of nitro groups is 1. The van der Waals surface area contributed by atoms with Crippen LogP contribution >= 0.6 is 0 Å². The number of benzene rings is 1. The van der Waals surface area contributed by atoms with E-state index in [1.54, 1.807) is 17.9 Å². The van der Waals surface area contributed by atoms with Crippen molar-refractivity contribution in [3.63, 3.8) is 0 Å². The van der Waals surface area contributed by atoms with Crippen molar-refractivity contribution in [3.05, 3.63) is 28.3 Å². The maximum absolute atomic E-state index is 10.6. The molecule has 0 amide bonds. The molecule has 0 spiro atoms. The summed E-state index contributed by atoms with van der Waals surface area (Å²) in [6.45, 7) is 1.33. The second-order valence-corrected chi connectivity index (χ2v) is 3.59. The van der Waals surface area contributed by atoms with Crippen molar-refractivity contribution in [1.82, 2.24) is 15.0 Å². The first-order valence-corrected chi connectivity index (χ1v) is 5.19. The zero-order valence-electron chi connectivity index (χ0n) is 9.37. The van der Waals surface area contributed by atoms with Gasteiger partial charge in [0.05, 0.1) is 10.4 Å². The number of ether oxygens (including phenoxy) is 1. The first-order chi connectivity index (χ1) is 8.22.